The average molecular weight is 300 g/mol. The van der Waals surface area contributed by atoms with Gasteiger partial charge in [-0.3, -0.25) is 9.78 Å². The molecule has 0 aliphatic heterocycles. The number of amides is 1. The van der Waals surface area contributed by atoms with Gasteiger partial charge in [-0.25, -0.2) is 0 Å². The molecule has 2 aromatic heterocycles. The zero-order valence-electron chi connectivity index (χ0n) is 12.5. The fourth-order valence-corrected chi connectivity index (χ4v) is 3.63. The van der Waals surface area contributed by atoms with Gasteiger partial charge in [-0.05, 0) is 55.5 Å². The molecule has 3 rings (SSSR count). The molecular formula is C17H20N2OS. The number of pyridine rings is 1. The fraction of sp³-hybridized carbons (Fsp3) is 0.412. The van der Waals surface area contributed by atoms with Crippen molar-refractivity contribution in [1.82, 2.24) is 9.88 Å². The first-order valence-electron chi connectivity index (χ1n) is 7.48. The maximum atomic E-state index is 12.8. The Morgan fingerprint density at radius 2 is 2.10 bits per heavy atom. The van der Waals surface area contributed by atoms with E-state index in [1.807, 2.05) is 23.1 Å². The van der Waals surface area contributed by atoms with Crippen LogP contribution in [0.4, 0.5) is 0 Å². The summed E-state index contributed by atoms with van der Waals surface area (Å²) in [6.45, 7) is 4.92. The average Bonchev–Trinajstić information content (AvgIpc) is 3.27. The molecule has 2 heterocycles. The SMILES string of the molecule is CCc1sc(C(=O)N(Cc2ccncc2)C2CC2)cc1C. The van der Waals surface area contributed by atoms with E-state index in [0.29, 0.717) is 12.6 Å². The number of aryl methyl sites for hydroxylation is 2. The van der Waals surface area contributed by atoms with Crippen molar-refractivity contribution < 1.29 is 4.79 Å². The predicted molar refractivity (Wildman–Crippen MR) is 85.6 cm³/mol. The summed E-state index contributed by atoms with van der Waals surface area (Å²) < 4.78 is 0. The molecule has 1 amide bonds. The molecule has 4 heteroatoms. The molecular weight excluding hydrogens is 280 g/mol. The molecule has 3 nitrogen and oxygen atoms in total. The summed E-state index contributed by atoms with van der Waals surface area (Å²) in [5.74, 6) is 0.183. The first kappa shape index (κ1) is 14.3. The van der Waals surface area contributed by atoms with Gasteiger partial charge in [-0.1, -0.05) is 6.92 Å². The van der Waals surface area contributed by atoms with Gasteiger partial charge in [0, 0.05) is 29.9 Å². The van der Waals surface area contributed by atoms with Crippen molar-refractivity contribution >= 4 is 17.2 Å². The summed E-state index contributed by atoms with van der Waals surface area (Å²) in [5, 5.41) is 0. The van der Waals surface area contributed by atoms with E-state index >= 15 is 0 Å². The Morgan fingerprint density at radius 3 is 2.67 bits per heavy atom. The molecule has 0 aromatic carbocycles. The molecule has 0 spiro atoms. The van der Waals surface area contributed by atoms with Crippen molar-refractivity contribution in [1.29, 1.82) is 0 Å². The molecule has 0 bridgehead atoms. The number of rotatable bonds is 5. The molecule has 110 valence electrons. The highest BCUT2D eigenvalue weighted by atomic mass is 32.1. The van der Waals surface area contributed by atoms with Crippen LogP contribution in [0.5, 0.6) is 0 Å². The van der Waals surface area contributed by atoms with Crippen molar-refractivity contribution in [2.45, 2.75) is 45.7 Å². The third-order valence-corrected chi connectivity index (χ3v) is 5.27. The number of nitrogens with zero attached hydrogens (tertiary/aromatic N) is 2. The number of aromatic nitrogens is 1. The van der Waals surface area contributed by atoms with Gasteiger partial charge in [-0.2, -0.15) is 0 Å². The van der Waals surface area contributed by atoms with Crippen molar-refractivity contribution in [3.05, 3.63) is 51.5 Å². The van der Waals surface area contributed by atoms with E-state index in [4.69, 9.17) is 0 Å². The van der Waals surface area contributed by atoms with Gasteiger partial charge in [0.15, 0.2) is 0 Å². The Balaban J connectivity index is 1.81. The van der Waals surface area contributed by atoms with E-state index in [1.165, 1.54) is 10.4 Å². The van der Waals surface area contributed by atoms with Gasteiger partial charge < -0.3 is 4.90 Å². The standard InChI is InChI=1S/C17H20N2OS/c1-3-15-12(2)10-16(21-15)17(20)19(14-4-5-14)11-13-6-8-18-9-7-13/h6-10,14H,3-5,11H2,1-2H3. The molecule has 1 fully saturated rings. The quantitative estimate of drug-likeness (QED) is 0.841. The summed E-state index contributed by atoms with van der Waals surface area (Å²) in [5.41, 5.74) is 2.39. The summed E-state index contributed by atoms with van der Waals surface area (Å²) in [7, 11) is 0. The van der Waals surface area contributed by atoms with Crippen LogP contribution >= 0.6 is 11.3 Å². The maximum absolute atomic E-state index is 12.8. The molecule has 0 unspecified atom stereocenters. The lowest BCUT2D eigenvalue weighted by Crippen LogP contribution is -2.32. The summed E-state index contributed by atoms with van der Waals surface area (Å²) in [4.78, 5) is 21.1. The normalized spacial score (nSPS) is 14.2. The second kappa shape index (κ2) is 5.98. The number of hydrogen-bond acceptors (Lipinski definition) is 3. The smallest absolute Gasteiger partial charge is 0.264 e. The topological polar surface area (TPSA) is 33.2 Å². The zero-order chi connectivity index (χ0) is 14.8. The van der Waals surface area contributed by atoms with E-state index in [9.17, 15) is 4.79 Å². The van der Waals surface area contributed by atoms with E-state index in [2.05, 4.69) is 18.8 Å². The third kappa shape index (κ3) is 3.16. The van der Waals surface area contributed by atoms with Gasteiger partial charge in [0.1, 0.15) is 0 Å². The van der Waals surface area contributed by atoms with E-state index in [0.717, 1.165) is 29.7 Å². The molecule has 0 atom stereocenters. The molecule has 0 saturated heterocycles. The molecule has 1 saturated carbocycles. The lowest BCUT2D eigenvalue weighted by atomic mass is 10.2. The third-order valence-electron chi connectivity index (χ3n) is 3.90. The van der Waals surface area contributed by atoms with Crippen LogP contribution < -0.4 is 0 Å². The Hall–Kier alpha value is -1.68. The number of hydrogen-bond donors (Lipinski definition) is 0. The predicted octanol–water partition coefficient (Wildman–Crippen LogP) is 3.82. The van der Waals surface area contributed by atoms with Crippen LogP contribution in [0.25, 0.3) is 0 Å². The molecule has 0 N–H and O–H groups in total. The Morgan fingerprint density at radius 1 is 1.38 bits per heavy atom. The van der Waals surface area contributed by atoms with Gasteiger partial charge in [0.25, 0.3) is 5.91 Å². The highest BCUT2D eigenvalue weighted by Gasteiger charge is 2.33. The van der Waals surface area contributed by atoms with Gasteiger partial charge >= 0.3 is 0 Å². The van der Waals surface area contributed by atoms with E-state index in [1.54, 1.807) is 23.7 Å². The zero-order valence-corrected chi connectivity index (χ0v) is 13.3. The Bertz CT molecular complexity index is 631. The molecule has 2 aromatic rings. The minimum absolute atomic E-state index is 0.183. The van der Waals surface area contributed by atoms with Gasteiger partial charge in [-0.15, -0.1) is 11.3 Å². The van der Waals surface area contributed by atoms with Crippen LogP contribution in [0, 0.1) is 6.92 Å². The van der Waals surface area contributed by atoms with Crippen LogP contribution in [0.3, 0.4) is 0 Å². The van der Waals surface area contributed by atoms with Crippen LogP contribution in [0.2, 0.25) is 0 Å². The fourth-order valence-electron chi connectivity index (χ4n) is 2.56. The minimum atomic E-state index is 0.183. The monoisotopic (exact) mass is 300 g/mol. The van der Waals surface area contributed by atoms with Crippen LogP contribution in [0.15, 0.2) is 30.6 Å². The first-order chi connectivity index (χ1) is 10.2. The lowest BCUT2D eigenvalue weighted by molar-refractivity contribution is 0.0735. The van der Waals surface area contributed by atoms with Gasteiger partial charge in [0.05, 0.1) is 4.88 Å². The number of carbonyl (C=O) groups excluding carboxylic acids is 1. The van der Waals surface area contributed by atoms with E-state index in [-0.39, 0.29) is 5.91 Å². The van der Waals surface area contributed by atoms with Crippen molar-refractivity contribution in [3.63, 3.8) is 0 Å². The second-order valence-corrected chi connectivity index (χ2v) is 6.73. The maximum Gasteiger partial charge on any atom is 0.264 e. The Kier molecular flexibility index (Phi) is 4.06. The molecule has 1 aliphatic carbocycles. The van der Waals surface area contributed by atoms with Crippen LogP contribution in [0.1, 0.15) is 45.4 Å². The molecule has 21 heavy (non-hydrogen) atoms. The van der Waals surface area contributed by atoms with Crippen molar-refractivity contribution in [2.24, 2.45) is 0 Å². The van der Waals surface area contributed by atoms with Crippen molar-refractivity contribution in [2.75, 3.05) is 0 Å². The Labute approximate surface area is 129 Å². The van der Waals surface area contributed by atoms with E-state index < -0.39 is 0 Å². The molecule has 0 radical (unpaired) electrons. The first-order valence-corrected chi connectivity index (χ1v) is 8.30. The van der Waals surface area contributed by atoms with Crippen molar-refractivity contribution in [3.8, 4) is 0 Å². The lowest BCUT2D eigenvalue weighted by Gasteiger charge is -2.21. The van der Waals surface area contributed by atoms with Crippen LogP contribution in [-0.2, 0) is 13.0 Å². The largest absolute Gasteiger partial charge is 0.331 e. The number of carbonyl (C=O) groups is 1. The highest BCUT2D eigenvalue weighted by Crippen LogP contribution is 2.32. The number of thiophene rings is 1. The second-order valence-electron chi connectivity index (χ2n) is 5.59. The van der Waals surface area contributed by atoms with Crippen LogP contribution in [-0.4, -0.2) is 21.8 Å². The molecule has 1 aliphatic rings. The van der Waals surface area contributed by atoms with Gasteiger partial charge in [0.2, 0.25) is 0 Å². The summed E-state index contributed by atoms with van der Waals surface area (Å²) in [6, 6.07) is 6.44. The highest BCUT2D eigenvalue weighted by molar-refractivity contribution is 7.14. The summed E-state index contributed by atoms with van der Waals surface area (Å²) >= 11 is 1.65. The summed E-state index contributed by atoms with van der Waals surface area (Å²) in [6.07, 6.45) is 6.83. The minimum Gasteiger partial charge on any atom is -0.331 e.